The number of likely N-dealkylation sites (N-methyl/N-ethyl adjacent to an activating group) is 1. The lowest BCUT2D eigenvalue weighted by Crippen LogP contribution is -2.53. The molecule has 2 aromatic heterocycles. The van der Waals surface area contributed by atoms with Crippen LogP contribution < -0.4 is 10.6 Å². The van der Waals surface area contributed by atoms with Crippen LogP contribution in [0.15, 0.2) is 48.9 Å². The third kappa shape index (κ3) is 5.41. The molecule has 1 fully saturated rings. The Balaban J connectivity index is 1.61. The van der Waals surface area contributed by atoms with Crippen molar-refractivity contribution in [3.8, 4) is 11.1 Å². The summed E-state index contributed by atoms with van der Waals surface area (Å²) in [6.07, 6.45) is 11.2. The van der Waals surface area contributed by atoms with Crippen LogP contribution in [0.1, 0.15) is 63.9 Å². The van der Waals surface area contributed by atoms with Crippen LogP contribution in [0.2, 0.25) is 0 Å². The van der Waals surface area contributed by atoms with Gasteiger partial charge in [-0.05, 0) is 56.8 Å². The first kappa shape index (κ1) is 25.8. The molecule has 3 aromatic rings. The van der Waals surface area contributed by atoms with E-state index in [4.69, 9.17) is 5.41 Å². The largest absolute Gasteiger partial charge is 0.361 e. The van der Waals surface area contributed by atoms with E-state index in [1.54, 1.807) is 20.2 Å². The Hall–Kier alpha value is -3.32. The van der Waals surface area contributed by atoms with Crippen LogP contribution in [0.3, 0.4) is 0 Å². The van der Waals surface area contributed by atoms with E-state index >= 15 is 0 Å². The molecule has 1 aliphatic carbocycles. The number of hydrogen-bond donors (Lipinski definition) is 4. The molecule has 190 valence electrons. The number of para-hydroxylation sites is 1. The van der Waals surface area contributed by atoms with Crippen molar-refractivity contribution in [2.75, 3.05) is 7.05 Å². The molecule has 0 saturated heterocycles. The van der Waals surface area contributed by atoms with Gasteiger partial charge in [0.2, 0.25) is 5.91 Å². The van der Waals surface area contributed by atoms with E-state index in [1.807, 2.05) is 43.6 Å². The van der Waals surface area contributed by atoms with Gasteiger partial charge in [-0.25, -0.2) is 0 Å². The fourth-order valence-electron chi connectivity index (χ4n) is 5.33. The normalized spacial score (nSPS) is 16.9. The van der Waals surface area contributed by atoms with E-state index in [1.165, 1.54) is 0 Å². The third-order valence-corrected chi connectivity index (χ3v) is 7.61. The molecular weight excluding hydrogens is 450 g/mol. The number of amides is 1. The Morgan fingerprint density at radius 2 is 1.92 bits per heavy atom. The van der Waals surface area contributed by atoms with Gasteiger partial charge in [-0.1, -0.05) is 44.4 Å². The maximum atomic E-state index is 13.8. The summed E-state index contributed by atoms with van der Waals surface area (Å²) in [6.45, 7) is 3.77. The molecule has 3 unspecified atom stereocenters. The summed E-state index contributed by atoms with van der Waals surface area (Å²) in [7, 11) is 1.73. The Labute approximate surface area is 213 Å². The van der Waals surface area contributed by atoms with Crippen LogP contribution in [-0.4, -0.2) is 46.5 Å². The van der Waals surface area contributed by atoms with E-state index in [0.29, 0.717) is 6.42 Å². The fraction of sp³-hybridized carbons (Fsp3) is 0.448. The summed E-state index contributed by atoms with van der Waals surface area (Å²) in [6, 6.07) is 9.08. The quantitative estimate of drug-likeness (QED) is 0.302. The van der Waals surface area contributed by atoms with E-state index in [9.17, 15) is 9.59 Å². The zero-order valence-electron chi connectivity index (χ0n) is 21.4. The zero-order chi connectivity index (χ0) is 25.7. The monoisotopic (exact) mass is 487 g/mol. The first-order chi connectivity index (χ1) is 17.4. The number of Topliss-reactive ketones (excluding diaryl/α,β-unsaturated/α-hetero) is 1. The number of aromatic nitrogens is 2. The number of carbonyl (C=O) groups excluding carboxylic acids is 2. The minimum atomic E-state index is -0.667. The van der Waals surface area contributed by atoms with Crippen molar-refractivity contribution in [2.45, 2.75) is 70.4 Å². The minimum Gasteiger partial charge on any atom is -0.361 e. The Morgan fingerprint density at radius 3 is 2.64 bits per heavy atom. The molecule has 0 bridgehead atoms. The maximum Gasteiger partial charge on any atom is 0.237 e. The van der Waals surface area contributed by atoms with Crippen LogP contribution in [0.25, 0.3) is 22.0 Å². The summed E-state index contributed by atoms with van der Waals surface area (Å²) in [5.41, 5.74) is 3.93. The van der Waals surface area contributed by atoms with Crippen molar-refractivity contribution < 1.29 is 9.59 Å². The fourth-order valence-corrected chi connectivity index (χ4v) is 5.33. The SMILES string of the molecule is CCC(C(=N)C(=O)C(NC(=O)C(C)NC)C1CCCCC1)c1cncc(-c2c[nH]c3ccccc23)c1. The maximum absolute atomic E-state index is 13.8. The van der Waals surface area contributed by atoms with Crippen molar-refractivity contribution >= 4 is 28.3 Å². The average molecular weight is 488 g/mol. The highest BCUT2D eigenvalue weighted by molar-refractivity contribution is 6.42. The molecule has 3 atom stereocenters. The number of aromatic amines is 1. The highest BCUT2D eigenvalue weighted by atomic mass is 16.2. The van der Waals surface area contributed by atoms with Crippen LogP contribution in [0.4, 0.5) is 0 Å². The second-order valence-electron chi connectivity index (χ2n) is 9.89. The summed E-state index contributed by atoms with van der Waals surface area (Å²) < 4.78 is 0. The lowest BCUT2D eigenvalue weighted by atomic mass is 9.78. The third-order valence-electron chi connectivity index (χ3n) is 7.61. The molecular formula is C29H37N5O2. The molecule has 1 amide bonds. The van der Waals surface area contributed by atoms with Gasteiger partial charge in [0.05, 0.1) is 17.8 Å². The number of pyridine rings is 1. The summed E-state index contributed by atoms with van der Waals surface area (Å²) >= 11 is 0. The molecule has 4 rings (SSSR count). The number of benzene rings is 1. The number of rotatable bonds is 10. The molecule has 1 saturated carbocycles. The van der Waals surface area contributed by atoms with Gasteiger partial charge in [0.15, 0.2) is 5.78 Å². The van der Waals surface area contributed by atoms with Crippen molar-refractivity contribution in [2.24, 2.45) is 5.92 Å². The first-order valence-corrected chi connectivity index (χ1v) is 13.1. The van der Waals surface area contributed by atoms with Gasteiger partial charge in [-0.2, -0.15) is 0 Å². The van der Waals surface area contributed by atoms with Crippen LogP contribution in [0, 0.1) is 11.3 Å². The molecule has 1 aromatic carbocycles. The molecule has 36 heavy (non-hydrogen) atoms. The number of ketones is 1. The van der Waals surface area contributed by atoms with E-state index in [0.717, 1.165) is 59.7 Å². The number of nitrogens with zero attached hydrogens (tertiary/aromatic N) is 1. The van der Waals surface area contributed by atoms with Gasteiger partial charge in [0.25, 0.3) is 0 Å². The highest BCUT2D eigenvalue weighted by Gasteiger charge is 2.36. The van der Waals surface area contributed by atoms with E-state index in [2.05, 4.69) is 26.7 Å². The smallest absolute Gasteiger partial charge is 0.237 e. The summed E-state index contributed by atoms with van der Waals surface area (Å²) in [5.74, 6) is -0.805. The van der Waals surface area contributed by atoms with Crippen molar-refractivity contribution in [3.05, 3.63) is 54.5 Å². The Kier molecular flexibility index (Phi) is 8.31. The lowest BCUT2D eigenvalue weighted by molar-refractivity contribution is -0.127. The molecule has 7 nitrogen and oxygen atoms in total. The van der Waals surface area contributed by atoms with Crippen LogP contribution in [0.5, 0.6) is 0 Å². The molecule has 7 heteroatoms. The topological polar surface area (TPSA) is 111 Å². The lowest BCUT2D eigenvalue weighted by Gasteiger charge is -2.32. The second-order valence-corrected chi connectivity index (χ2v) is 9.89. The van der Waals surface area contributed by atoms with Gasteiger partial charge in [0.1, 0.15) is 0 Å². The molecule has 1 aliphatic rings. The van der Waals surface area contributed by atoms with Crippen molar-refractivity contribution in [3.63, 3.8) is 0 Å². The zero-order valence-corrected chi connectivity index (χ0v) is 21.4. The first-order valence-electron chi connectivity index (χ1n) is 13.1. The predicted molar refractivity (Wildman–Crippen MR) is 144 cm³/mol. The molecule has 0 aliphatic heterocycles. The second kappa shape index (κ2) is 11.6. The Bertz CT molecular complexity index is 1230. The minimum absolute atomic E-state index is 0.0448. The predicted octanol–water partition coefficient (Wildman–Crippen LogP) is 4.99. The van der Waals surface area contributed by atoms with E-state index < -0.39 is 12.1 Å². The van der Waals surface area contributed by atoms with Crippen LogP contribution in [-0.2, 0) is 9.59 Å². The Morgan fingerprint density at radius 1 is 1.17 bits per heavy atom. The van der Waals surface area contributed by atoms with Crippen molar-refractivity contribution in [1.29, 1.82) is 5.41 Å². The average Bonchev–Trinajstić information content (AvgIpc) is 3.36. The van der Waals surface area contributed by atoms with Crippen LogP contribution >= 0.6 is 0 Å². The van der Waals surface area contributed by atoms with Gasteiger partial charge in [-0.3, -0.25) is 14.6 Å². The molecule has 2 heterocycles. The van der Waals surface area contributed by atoms with Gasteiger partial charge < -0.3 is 21.0 Å². The number of carbonyl (C=O) groups is 2. The summed E-state index contributed by atoms with van der Waals surface area (Å²) in [5, 5.41) is 16.0. The molecule has 0 spiro atoms. The van der Waals surface area contributed by atoms with Gasteiger partial charge in [-0.15, -0.1) is 0 Å². The molecule has 0 radical (unpaired) electrons. The number of fused-ring (bicyclic) bond motifs is 1. The van der Waals surface area contributed by atoms with E-state index in [-0.39, 0.29) is 29.2 Å². The van der Waals surface area contributed by atoms with Gasteiger partial charge >= 0.3 is 0 Å². The highest BCUT2D eigenvalue weighted by Crippen LogP contribution is 2.32. The van der Waals surface area contributed by atoms with Crippen molar-refractivity contribution in [1.82, 2.24) is 20.6 Å². The number of hydrogen-bond acceptors (Lipinski definition) is 5. The number of H-pyrrole nitrogens is 1. The number of nitrogens with one attached hydrogen (secondary N) is 4. The molecule has 4 N–H and O–H groups in total. The summed E-state index contributed by atoms with van der Waals surface area (Å²) in [4.78, 5) is 34.3. The standard InChI is InChI=1S/C29H37N5O2/c1-4-22(20-14-21(16-32-15-20)24-17-33-25-13-9-8-12-23(24)25)26(30)28(35)27(19-10-6-5-7-11-19)34-29(36)18(2)31-3/h8-9,12-19,22,27,30-31,33H,4-7,10-11H2,1-3H3,(H,34,36). The van der Waals surface area contributed by atoms with Gasteiger partial charge in [0, 0.05) is 46.5 Å².